The summed E-state index contributed by atoms with van der Waals surface area (Å²) in [6.45, 7) is 6.10. The van der Waals surface area contributed by atoms with Crippen LogP contribution in [-0.4, -0.2) is 55.7 Å². The minimum Gasteiger partial charge on any atom is -0.468 e. The maximum absolute atomic E-state index is 11.1. The second kappa shape index (κ2) is 8.07. The first kappa shape index (κ1) is 14.9. The van der Waals surface area contributed by atoms with Gasteiger partial charge < -0.3 is 14.4 Å². The maximum atomic E-state index is 11.1. The fourth-order valence-electron chi connectivity index (χ4n) is 1.01. The Morgan fingerprint density at radius 1 is 1.47 bits per heavy atom. The van der Waals surface area contributed by atoms with Gasteiger partial charge in [0.15, 0.2) is 0 Å². The van der Waals surface area contributed by atoms with Crippen LogP contribution in [0.4, 0.5) is 0 Å². The Balaban J connectivity index is 3.64. The third-order valence-electron chi connectivity index (χ3n) is 1.85. The van der Waals surface area contributed by atoms with Crippen LogP contribution < -0.4 is 0 Å². The van der Waals surface area contributed by atoms with E-state index in [-0.39, 0.29) is 16.9 Å². The zero-order chi connectivity index (χ0) is 11.8. The molecule has 0 amide bonds. The standard InChI is InChI=1S/C10H20BrNO3/c1-8(2)15-6-5-12(3)7-9(11)10(13)14-4/h8-9H,5-7H2,1-4H3. The largest absolute Gasteiger partial charge is 0.468 e. The average Bonchev–Trinajstić information content (AvgIpc) is 2.15. The number of nitrogens with zero attached hydrogens (tertiary/aromatic N) is 1. The van der Waals surface area contributed by atoms with Gasteiger partial charge in [0.2, 0.25) is 0 Å². The third kappa shape index (κ3) is 7.76. The van der Waals surface area contributed by atoms with Gasteiger partial charge >= 0.3 is 5.97 Å². The molecule has 15 heavy (non-hydrogen) atoms. The maximum Gasteiger partial charge on any atom is 0.320 e. The lowest BCUT2D eigenvalue weighted by Gasteiger charge is -2.19. The van der Waals surface area contributed by atoms with Crippen LogP contribution in [-0.2, 0) is 14.3 Å². The van der Waals surface area contributed by atoms with E-state index in [0.717, 1.165) is 6.54 Å². The summed E-state index contributed by atoms with van der Waals surface area (Å²) in [5, 5.41) is 0. The van der Waals surface area contributed by atoms with Crippen LogP contribution in [0.5, 0.6) is 0 Å². The molecule has 0 aromatic heterocycles. The van der Waals surface area contributed by atoms with Gasteiger partial charge in [0.1, 0.15) is 4.83 Å². The number of methoxy groups -OCH3 is 1. The van der Waals surface area contributed by atoms with E-state index in [1.54, 1.807) is 0 Å². The van der Waals surface area contributed by atoms with Crippen LogP contribution >= 0.6 is 15.9 Å². The lowest BCUT2D eigenvalue weighted by molar-refractivity contribution is -0.140. The van der Waals surface area contributed by atoms with E-state index in [1.807, 2.05) is 25.8 Å². The summed E-state index contributed by atoms with van der Waals surface area (Å²) in [4.78, 5) is 12.9. The molecular weight excluding hydrogens is 262 g/mol. The number of ether oxygens (including phenoxy) is 2. The number of rotatable bonds is 7. The summed E-state index contributed by atoms with van der Waals surface area (Å²) in [5.41, 5.74) is 0. The first-order valence-electron chi connectivity index (χ1n) is 4.99. The van der Waals surface area contributed by atoms with E-state index < -0.39 is 0 Å². The second-order valence-electron chi connectivity index (χ2n) is 3.67. The number of halogens is 1. The van der Waals surface area contributed by atoms with Gasteiger partial charge in [-0.15, -0.1) is 0 Å². The molecule has 90 valence electrons. The highest BCUT2D eigenvalue weighted by Gasteiger charge is 2.16. The zero-order valence-electron chi connectivity index (χ0n) is 9.83. The molecule has 0 aliphatic carbocycles. The molecule has 0 fully saturated rings. The predicted molar refractivity (Wildman–Crippen MR) is 63.3 cm³/mol. The summed E-state index contributed by atoms with van der Waals surface area (Å²) in [6, 6.07) is 0. The number of hydrogen-bond acceptors (Lipinski definition) is 4. The van der Waals surface area contributed by atoms with Gasteiger partial charge in [-0.05, 0) is 20.9 Å². The molecule has 0 aromatic rings. The first-order chi connectivity index (χ1) is 6.97. The van der Waals surface area contributed by atoms with Crippen molar-refractivity contribution in [3.05, 3.63) is 0 Å². The number of carbonyl (C=O) groups is 1. The van der Waals surface area contributed by atoms with Crippen molar-refractivity contribution in [3.8, 4) is 0 Å². The minimum atomic E-state index is -0.272. The summed E-state index contributed by atoms with van der Waals surface area (Å²) < 4.78 is 10.0. The quantitative estimate of drug-likeness (QED) is 0.521. The van der Waals surface area contributed by atoms with E-state index in [0.29, 0.717) is 13.2 Å². The van der Waals surface area contributed by atoms with E-state index >= 15 is 0 Å². The van der Waals surface area contributed by atoms with Crippen LogP contribution in [0, 0.1) is 0 Å². The Labute approximate surface area is 100 Å². The van der Waals surface area contributed by atoms with E-state index in [4.69, 9.17) is 4.74 Å². The highest BCUT2D eigenvalue weighted by Crippen LogP contribution is 2.03. The molecule has 4 nitrogen and oxygen atoms in total. The fraction of sp³-hybridized carbons (Fsp3) is 0.900. The van der Waals surface area contributed by atoms with Gasteiger partial charge in [0, 0.05) is 13.1 Å². The normalized spacial score (nSPS) is 13.3. The van der Waals surface area contributed by atoms with Crippen molar-refractivity contribution in [3.63, 3.8) is 0 Å². The topological polar surface area (TPSA) is 38.8 Å². The van der Waals surface area contributed by atoms with Crippen molar-refractivity contribution in [2.24, 2.45) is 0 Å². The van der Waals surface area contributed by atoms with Gasteiger partial charge in [-0.25, -0.2) is 0 Å². The van der Waals surface area contributed by atoms with Crippen LogP contribution in [0.1, 0.15) is 13.8 Å². The number of carbonyl (C=O) groups excluding carboxylic acids is 1. The van der Waals surface area contributed by atoms with E-state index in [9.17, 15) is 4.79 Å². The number of likely N-dealkylation sites (N-methyl/N-ethyl adjacent to an activating group) is 1. The third-order valence-corrected chi connectivity index (χ3v) is 2.52. The summed E-state index contributed by atoms with van der Waals surface area (Å²) in [7, 11) is 3.33. The Bertz CT molecular complexity index is 188. The average molecular weight is 282 g/mol. The van der Waals surface area contributed by atoms with E-state index in [1.165, 1.54) is 7.11 Å². The molecular formula is C10H20BrNO3. The molecule has 1 atom stereocenters. The molecule has 0 N–H and O–H groups in total. The number of alkyl halides is 1. The minimum absolute atomic E-state index is 0.244. The molecule has 0 aliphatic heterocycles. The monoisotopic (exact) mass is 281 g/mol. The summed E-state index contributed by atoms with van der Waals surface area (Å²) in [6.07, 6.45) is 0.249. The fourth-order valence-corrected chi connectivity index (χ4v) is 1.69. The lowest BCUT2D eigenvalue weighted by atomic mass is 10.4. The molecule has 0 radical (unpaired) electrons. The van der Waals surface area contributed by atoms with Crippen LogP contribution in [0.15, 0.2) is 0 Å². The van der Waals surface area contributed by atoms with Gasteiger partial charge in [0.25, 0.3) is 0 Å². The Hall–Kier alpha value is -0.130. The molecule has 0 aliphatic rings. The smallest absolute Gasteiger partial charge is 0.320 e. The van der Waals surface area contributed by atoms with Crippen LogP contribution in [0.3, 0.4) is 0 Å². The van der Waals surface area contributed by atoms with E-state index in [2.05, 4.69) is 20.7 Å². The Kier molecular flexibility index (Phi) is 8.00. The zero-order valence-corrected chi connectivity index (χ0v) is 11.4. The van der Waals surface area contributed by atoms with Crippen LogP contribution in [0.2, 0.25) is 0 Å². The SMILES string of the molecule is COC(=O)C(Br)CN(C)CCOC(C)C. The second-order valence-corrected chi connectivity index (χ2v) is 4.78. The number of hydrogen-bond donors (Lipinski definition) is 0. The first-order valence-corrected chi connectivity index (χ1v) is 5.91. The van der Waals surface area contributed by atoms with Gasteiger partial charge in [0.05, 0.1) is 19.8 Å². The van der Waals surface area contributed by atoms with Gasteiger partial charge in [-0.3, -0.25) is 4.79 Å². The number of esters is 1. The summed E-state index contributed by atoms with van der Waals surface area (Å²) >= 11 is 3.27. The van der Waals surface area contributed by atoms with Crippen molar-refractivity contribution < 1.29 is 14.3 Å². The summed E-state index contributed by atoms with van der Waals surface area (Å²) in [5.74, 6) is -0.244. The van der Waals surface area contributed by atoms with Gasteiger partial charge in [-0.1, -0.05) is 15.9 Å². The molecule has 5 heteroatoms. The Morgan fingerprint density at radius 3 is 2.53 bits per heavy atom. The predicted octanol–water partition coefficient (Wildman–Crippen LogP) is 1.28. The molecule has 0 aromatic carbocycles. The molecule has 0 saturated carbocycles. The molecule has 0 bridgehead atoms. The molecule has 0 heterocycles. The van der Waals surface area contributed by atoms with Gasteiger partial charge in [-0.2, -0.15) is 0 Å². The Morgan fingerprint density at radius 2 is 2.07 bits per heavy atom. The highest BCUT2D eigenvalue weighted by molar-refractivity contribution is 9.10. The highest BCUT2D eigenvalue weighted by atomic mass is 79.9. The molecule has 0 spiro atoms. The van der Waals surface area contributed by atoms with Crippen molar-refractivity contribution in [1.82, 2.24) is 4.90 Å². The van der Waals surface area contributed by atoms with Crippen LogP contribution in [0.25, 0.3) is 0 Å². The molecule has 1 unspecified atom stereocenters. The molecule has 0 rings (SSSR count). The van der Waals surface area contributed by atoms with Crippen molar-refractivity contribution in [2.45, 2.75) is 24.8 Å². The van der Waals surface area contributed by atoms with Crippen molar-refractivity contribution >= 4 is 21.9 Å². The molecule has 0 saturated heterocycles. The van der Waals surface area contributed by atoms with Crippen molar-refractivity contribution in [2.75, 3.05) is 33.9 Å². The lowest BCUT2D eigenvalue weighted by Crippen LogP contribution is -2.33. The van der Waals surface area contributed by atoms with Crippen molar-refractivity contribution in [1.29, 1.82) is 0 Å².